The van der Waals surface area contributed by atoms with Crippen LogP contribution in [0.1, 0.15) is 76.7 Å². The molecule has 1 aromatic rings. The largest absolute Gasteiger partial charge is 0.493 e. The molecule has 0 fully saturated rings. The summed E-state index contributed by atoms with van der Waals surface area (Å²) >= 11 is 0. The lowest BCUT2D eigenvalue weighted by Crippen LogP contribution is -2.01. The molecule has 0 bridgehead atoms. The van der Waals surface area contributed by atoms with Crippen molar-refractivity contribution < 1.29 is 9.84 Å². The third-order valence-electron chi connectivity index (χ3n) is 4.66. The molecule has 0 saturated heterocycles. The van der Waals surface area contributed by atoms with Crippen LogP contribution in [0, 0.1) is 0 Å². The van der Waals surface area contributed by atoms with E-state index in [0.717, 1.165) is 43.6 Å². The number of allylic oxidation sites excluding steroid dienone is 6. The topological polar surface area (TPSA) is 29.5 Å². The Kier molecular flexibility index (Phi) is 16.1. The lowest BCUT2D eigenvalue weighted by molar-refractivity contribution is 0.284. The Balaban J connectivity index is 1.92. The Morgan fingerprint density at radius 1 is 0.786 bits per heavy atom. The zero-order valence-electron chi connectivity index (χ0n) is 17.8. The van der Waals surface area contributed by atoms with Crippen LogP contribution in [-0.2, 0) is 6.42 Å². The summed E-state index contributed by atoms with van der Waals surface area (Å²) in [4.78, 5) is 0. The van der Waals surface area contributed by atoms with E-state index < -0.39 is 0 Å². The summed E-state index contributed by atoms with van der Waals surface area (Å²) in [6.45, 7) is 3.11. The summed E-state index contributed by atoms with van der Waals surface area (Å²) in [7, 11) is 0. The maximum Gasteiger partial charge on any atom is 0.122 e. The van der Waals surface area contributed by atoms with Crippen LogP contribution in [0.3, 0.4) is 0 Å². The molecule has 0 amide bonds. The van der Waals surface area contributed by atoms with Crippen molar-refractivity contribution in [3.05, 3.63) is 66.3 Å². The predicted molar refractivity (Wildman–Crippen MR) is 122 cm³/mol. The first-order valence-corrected chi connectivity index (χ1v) is 11.1. The Bertz CT molecular complexity index is 557. The first-order valence-electron chi connectivity index (χ1n) is 11.1. The van der Waals surface area contributed by atoms with Gasteiger partial charge in [0.1, 0.15) is 5.75 Å². The van der Waals surface area contributed by atoms with E-state index >= 15 is 0 Å². The molecule has 0 unspecified atom stereocenters. The van der Waals surface area contributed by atoms with E-state index in [9.17, 15) is 0 Å². The van der Waals surface area contributed by atoms with E-state index in [0.29, 0.717) is 6.42 Å². The summed E-state index contributed by atoms with van der Waals surface area (Å²) < 4.78 is 5.88. The molecular formula is C26H40O2. The highest BCUT2D eigenvalue weighted by Gasteiger charge is 2.01. The monoisotopic (exact) mass is 384 g/mol. The SMILES string of the molecule is CC/C=C\C/C=C\C/C=C\CCCCCCCCOc1ccccc1CCO. The van der Waals surface area contributed by atoms with Crippen molar-refractivity contribution in [3.63, 3.8) is 0 Å². The highest BCUT2D eigenvalue weighted by molar-refractivity contribution is 5.33. The maximum atomic E-state index is 9.10. The summed E-state index contributed by atoms with van der Waals surface area (Å²) in [6, 6.07) is 8.01. The van der Waals surface area contributed by atoms with Gasteiger partial charge in [-0.15, -0.1) is 0 Å². The minimum absolute atomic E-state index is 0.170. The fraction of sp³-hybridized carbons (Fsp3) is 0.538. The summed E-state index contributed by atoms with van der Waals surface area (Å²) in [6.07, 6.45) is 26.2. The molecule has 0 radical (unpaired) electrons. The molecule has 28 heavy (non-hydrogen) atoms. The molecule has 2 nitrogen and oxygen atoms in total. The average molecular weight is 385 g/mol. The number of ether oxygens (including phenoxy) is 1. The zero-order chi connectivity index (χ0) is 20.1. The zero-order valence-corrected chi connectivity index (χ0v) is 17.8. The van der Waals surface area contributed by atoms with Crippen molar-refractivity contribution in [2.45, 2.75) is 77.6 Å². The third kappa shape index (κ3) is 13.4. The highest BCUT2D eigenvalue weighted by atomic mass is 16.5. The van der Waals surface area contributed by atoms with Crippen LogP contribution in [0.25, 0.3) is 0 Å². The molecule has 1 rings (SSSR count). The Hall–Kier alpha value is -1.80. The van der Waals surface area contributed by atoms with Crippen LogP contribution >= 0.6 is 0 Å². The van der Waals surface area contributed by atoms with Gasteiger partial charge >= 0.3 is 0 Å². The minimum atomic E-state index is 0.170. The molecule has 0 saturated carbocycles. The van der Waals surface area contributed by atoms with Crippen LogP contribution in [0.2, 0.25) is 0 Å². The Morgan fingerprint density at radius 2 is 1.43 bits per heavy atom. The Morgan fingerprint density at radius 3 is 2.18 bits per heavy atom. The summed E-state index contributed by atoms with van der Waals surface area (Å²) in [5.41, 5.74) is 1.10. The van der Waals surface area contributed by atoms with Gasteiger partial charge in [0.2, 0.25) is 0 Å². The van der Waals surface area contributed by atoms with Crippen LogP contribution in [0.5, 0.6) is 5.75 Å². The molecule has 0 aliphatic rings. The fourth-order valence-corrected chi connectivity index (χ4v) is 3.05. The van der Waals surface area contributed by atoms with E-state index in [1.807, 2.05) is 24.3 Å². The molecule has 0 heterocycles. The fourth-order valence-electron chi connectivity index (χ4n) is 3.05. The number of rotatable bonds is 17. The Labute approximate surface area is 173 Å². The van der Waals surface area contributed by atoms with E-state index in [-0.39, 0.29) is 6.61 Å². The molecule has 1 aromatic carbocycles. The molecule has 2 heteroatoms. The number of benzene rings is 1. The van der Waals surface area contributed by atoms with Gasteiger partial charge in [-0.1, -0.05) is 87.3 Å². The second kappa shape index (κ2) is 18.6. The van der Waals surface area contributed by atoms with E-state index in [1.165, 1.54) is 38.5 Å². The van der Waals surface area contributed by atoms with E-state index in [4.69, 9.17) is 9.84 Å². The second-order valence-electron chi connectivity index (χ2n) is 7.13. The van der Waals surface area contributed by atoms with Crippen molar-refractivity contribution >= 4 is 0 Å². The van der Waals surface area contributed by atoms with Gasteiger partial charge < -0.3 is 9.84 Å². The molecule has 0 spiro atoms. The van der Waals surface area contributed by atoms with Crippen molar-refractivity contribution in [2.24, 2.45) is 0 Å². The smallest absolute Gasteiger partial charge is 0.122 e. The number of hydrogen-bond acceptors (Lipinski definition) is 2. The molecule has 0 atom stereocenters. The van der Waals surface area contributed by atoms with Crippen LogP contribution in [0.15, 0.2) is 60.7 Å². The standard InChI is InChI=1S/C26H40O2/c1-2-3-4-5-6-7-8-9-10-11-12-13-14-15-16-19-24-28-26-21-18-17-20-25(26)22-23-27/h3-4,6-7,9-10,17-18,20-21,27H,2,5,8,11-16,19,22-24H2,1H3/b4-3-,7-6-,10-9-. The van der Waals surface area contributed by atoms with Gasteiger partial charge in [-0.2, -0.15) is 0 Å². The van der Waals surface area contributed by atoms with Crippen LogP contribution < -0.4 is 4.74 Å². The normalized spacial score (nSPS) is 11.9. The molecule has 156 valence electrons. The first-order chi connectivity index (χ1) is 13.9. The van der Waals surface area contributed by atoms with Gasteiger partial charge in [-0.3, -0.25) is 0 Å². The maximum absolute atomic E-state index is 9.10. The van der Waals surface area contributed by atoms with Crippen LogP contribution in [0.4, 0.5) is 0 Å². The lowest BCUT2D eigenvalue weighted by Gasteiger charge is -2.10. The number of aliphatic hydroxyl groups is 1. The van der Waals surface area contributed by atoms with Gasteiger partial charge in [0.15, 0.2) is 0 Å². The predicted octanol–water partition coefficient (Wildman–Crippen LogP) is 7.19. The average Bonchev–Trinajstić information content (AvgIpc) is 2.71. The molecule has 0 aliphatic carbocycles. The molecule has 0 aromatic heterocycles. The van der Waals surface area contributed by atoms with Gasteiger partial charge in [0.05, 0.1) is 6.61 Å². The highest BCUT2D eigenvalue weighted by Crippen LogP contribution is 2.19. The van der Waals surface area contributed by atoms with Gasteiger partial charge in [-0.25, -0.2) is 0 Å². The third-order valence-corrected chi connectivity index (χ3v) is 4.66. The summed E-state index contributed by atoms with van der Waals surface area (Å²) in [5, 5.41) is 9.10. The minimum Gasteiger partial charge on any atom is -0.493 e. The van der Waals surface area contributed by atoms with E-state index in [2.05, 4.69) is 43.4 Å². The molecular weight excluding hydrogens is 344 g/mol. The quantitative estimate of drug-likeness (QED) is 0.227. The number of unbranched alkanes of at least 4 members (excludes halogenated alkanes) is 6. The van der Waals surface area contributed by atoms with Gasteiger partial charge in [0.25, 0.3) is 0 Å². The number of hydrogen-bond donors (Lipinski definition) is 1. The van der Waals surface area contributed by atoms with E-state index in [1.54, 1.807) is 0 Å². The van der Waals surface area contributed by atoms with Gasteiger partial charge in [-0.05, 0) is 56.6 Å². The summed E-state index contributed by atoms with van der Waals surface area (Å²) in [5.74, 6) is 0.926. The first kappa shape index (κ1) is 24.2. The van der Waals surface area contributed by atoms with Crippen molar-refractivity contribution in [1.82, 2.24) is 0 Å². The lowest BCUT2D eigenvalue weighted by atomic mass is 10.1. The number of para-hydroxylation sites is 1. The second-order valence-corrected chi connectivity index (χ2v) is 7.13. The van der Waals surface area contributed by atoms with Crippen molar-refractivity contribution in [1.29, 1.82) is 0 Å². The van der Waals surface area contributed by atoms with Gasteiger partial charge in [0, 0.05) is 6.61 Å². The van der Waals surface area contributed by atoms with Crippen molar-refractivity contribution in [3.8, 4) is 5.75 Å². The molecule has 1 N–H and O–H groups in total. The van der Waals surface area contributed by atoms with Crippen LogP contribution in [-0.4, -0.2) is 18.3 Å². The van der Waals surface area contributed by atoms with Crippen molar-refractivity contribution in [2.75, 3.05) is 13.2 Å². The number of aliphatic hydroxyl groups excluding tert-OH is 1. The molecule has 0 aliphatic heterocycles.